The largest absolute Gasteiger partial charge is 0.354 e. The zero-order valence-corrected chi connectivity index (χ0v) is 11.1. The summed E-state index contributed by atoms with van der Waals surface area (Å²) >= 11 is 0. The molecular formula is C11H24ClN3O. The van der Waals surface area contributed by atoms with Gasteiger partial charge in [0.15, 0.2) is 0 Å². The van der Waals surface area contributed by atoms with Crippen molar-refractivity contribution in [2.24, 2.45) is 0 Å². The Kier molecular flexibility index (Phi) is 8.61. The average Bonchev–Trinajstić information content (AvgIpc) is 2.21. The summed E-state index contributed by atoms with van der Waals surface area (Å²) in [5, 5.41) is 5.75. The number of rotatable bonds is 5. The van der Waals surface area contributed by atoms with Crippen molar-refractivity contribution >= 4 is 18.3 Å². The van der Waals surface area contributed by atoms with Crippen LogP contribution in [0.5, 0.6) is 0 Å². The van der Waals surface area contributed by atoms with Crippen LogP contribution in [-0.2, 0) is 4.79 Å². The van der Waals surface area contributed by atoms with Gasteiger partial charge in [0.05, 0.1) is 6.54 Å². The van der Waals surface area contributed by atoms with Crippen molar-refractivity contribution in [1.82, 2.24) is 15.5 Å². The molecule has 1 saturated heterocycles. The van der Waals surface area contributed by atoms with Gasteiger partial charge in [-0.05, 0) is 33.4 Å². The Bertz CT molecular complexity index is 202. The quantitative estimate of drug-likeness (QED) is 0.751. The van der Waals surface area contributed by atoms with Crippen LogP contribution in [0.4, 0.5) is 0 Å². The molecule has 1 fully saturated rings. The molecule has 16 heavy (non-hydrogen) atoms. The van der Waals surface area contributed by atoms with Crippen LogP contribution in [0.3, 0.4) is 0 Å². The molecule has 0 saturated carbocycles. The molecule has 0 aliphatic carbocycles. The first kappa shape index (κ1) is 15.7. The minimum Gasteiger partial charge on any atom is -0.354 e. The molecule has 0 aromatic rings. The second-order valence-corrected chi connectivity index (χ2v) is 4.26. The Morgan fingerprint density at radius 1 is 1.44 bits per heavy atom. The van der Waals surface area contributed by atoms with Crippen LogP contribution in [0.1, 0.15) is 26.2 Å². The van der Waals surface area contributed by atoms with E-state index in [0.29, 0.717) is 12.6 Å². The Hall–Kier alpha value is -0.320. The maximum Gasteiger partial charge on any atom is 0.233 e. The molecule has 0 spiro atoms. The molecule has 1 unspecified atom stereocenters. The fourth-order valence-electron chi connectivity index (χ4n) is 2.05. The van der Waals surface area contributed by atoms with Gasteiger partial charge in [0.2, 0.25) is 5.91 Å². The van der Waals surface area contributed by atoms with Crippen LogP contribution in [-0.4, -0.2) is 50.1 Å². The van der Waals surface area contributed by atoms with Crippen LogP contribution in [0.2, 0.25) is 0 Å². The SMILES string of the molecule is CNCC(=O)NCCN1CCCCC1C.Cl. The van der Waals surface area contributed by atoms with Gasteiger partial charge >= 0.3 is 0 Å². The standard InChI is InChI=1S/C11H23N3O.ClH/c1-10-5-3-4-7-14(10)8-6-13-11(15)9-12-2;/h10,12H,3-9H2,1-2H3,(H,13,15);1H. The Morgan fingerprint density at radius 2 is 2.19 bits per heavy atom. The summed E-state index contributed by atoms with van der Waals surface area (Å²) in [5.74, 6) is 0.0853. The van der Waals surface area contributed by atoms with Gasteiger partial charge in [0, 0.05) is 19.1 Å². The van der Waals surface area contributed by atoms with Gasteiger partial charge < -0.3 is 10.6 Å². The van der Waals surface area contributed by atoms with Crippen molar-refractivity contribution in [3.63, 3.8) is 0 Å². The highest BCUT2D eigenvalue weighted by molar-refractivity contribution is 5.85. The molecule has 1 heterocycles. The minimum atomic E-state index is 0. The summed E-state index contributed by atoms with van der Waals surface area (Å²) in [6.45, 7) is 5.62. The molecule has 1 aliphatic rings. The number of amides is 1. The summed E-state index contributed by atoms with van der Waals surface area (Å²) in [4.78, 5) is 13.6. The van der Waals surface area contributed by atoms with E-state index in [4.69, 9.17) is 0 Å². The van der Waals surface area contributed by atoms with E-state index in [9.17, 15) is 4.79 Å². The topological polar surface area (TPSA) is 44.4 Å². The van der Waals surface area contributed by atoms with Crippen molar-refractivity contribution < 1.29 is 4.79 Å². The zero-order chi connectivity index (χ0) is 11.1. The normalized spacial score (nSPS) is 21.2. The van der Waals surface area contributed by atoms with Crippen molar-refractivity contribution in [2.75, 3.05) is 33.2 Å². The van der Waals surface area contributed by atoms with Crippen molar-refractivity contribution in [2.45, 2.75) is 32.2 Å². The summed E-state index contributed by atoms with van der Waals surface area (Å²) in [6, 6.07) is 0.681. The van der Waals surface area contributed by atoms with Crippen LogP contribution in [0.25, 0.3) is 0 Å². The highest BCUT2D eigenvalue weighted by Gasteiger charge is 2.17. The predicted molar refractivity (Wildman–Crippen MR) is 69.1 cm³/mol. The molecule has 0 aromatic carbocycles. The first-order chi connectivity index (χ1) is 7.24. The maximum absolute atomic E-state index is 11.2. The van der Waals surface area contributed by atoms with Gasteiger partial charge in [-0.3, -0.25) is 9.69 Å². The Balaban J connectivity index is 0.00000225. The predicted octanol–water partition coefficient (Wildman–Crippen LogP) is 0.618. The molecular weight excluding hydrogens is 226 g/mol. The number of hydrogen-bond donors (Lipinski definition) is 2. The number of carbonyl (C=O) groups is 1. The average molecular weight is 250 g/mol. The van der Waals surface area contributed by atoms with Gasteiger partial charge in [0.25, 0.3) is 0 Å². The molecule has 96 valence electrons. The van der Waals surface area contributed by atoms with Gasteiger partial charge in [-0.2, -0.15) is 0 Å². The summed E-state index contributed by atoms with van der Waals surface area (Å²) < 4.78 is 0. The fraction of sp³-hybridized carbons (Fsp3) is 0.909. The van der Waals surface area contributed by atoms with Gasteiger partial charge in [-0.25, -0.2) is 0 Å². The molecule has 0 bridgehead atoms. The molecule has 1 atom stereocenters. The molecule has 1 aliphatic heterocycles. The third-order valence-electron chi connectivity index (χ3n) is 3.00. The van der Waals surface area contributed by atoms with E-state index in [1.54, 1.807) is 7.05 Å². The molecule has 4 nitrogen and oxygen atoms in total. The van der Waals surface area contributed by atoms with Crippen molar-refractivity contribution in [3.05, 3.63) is 0 Å². The highest BCUT2D eigenvalue weighted by Crippen LogP contribution is 2.15. The number of carbonyl (C=O) groups excluding carboxylic acids is 1. The van der Waals surface area contributed by atoms with Crippen LogP contribution < -0.4 is 10.6 Å². The van der Waals surface area contributed by atoms with Gasteiger partial charge in [-0.15, -0.1) is 12.4 Å². The van der Waals surface area contributed by atoms with Crippen LogP contribution in [0, 0.1) is 0 Å². The minimum absolute atomic E-state index is 0. The molecule has 0 radical (unpaired) electrons. The second-order valence-electron chi connectivity index (χ2n) is 4.26. The third kappa shape index (κ3) is 5.68. The summed E-state index contributed by atoms with van der Waals surface area (Å²) in [5.41, 5.74) is 0. The Morgan fingerprint density at radius 3 is 2.81 bits per heavy atom. The lowest BCUT2D eigenvalue weighted by Crippen LogP contribution is -2.43. The van der Waals surface area contributed by atoms with Crippen molar-refractivity contribution in [1.29, 1.82) is 0 Å². The number of halogens is 1. The summed E-state index contributed by atoms with van der Waals surface area (Å²) in [6.07, 6.45) is 3.95. The molecule has 1 amide bonds. The molecule has 2 N–H and O–H groups in total. The van der Waals surface area contributed by atoms with E-state index >= 15 is 0 Å². The van der Waals surface area contributed by atoms with Gasteiger partial charge in [-0.1, -0.05) is 6.42 Å². The third-order valence-corrected chi connectivity index (χ3v) is 3.00. The smallest absolute Gasteiger partial charge is 0.233 e. The van der Waals surface area contributed by atoms with Gasteiger partial charge in [0.1, 0.15) is 0 Å². The van der Waals surface area contributed by atoms with E-state index in [0.717, 1.165) is 13.1 Å². The Labute approximate surface area is 105 Å². The second kappa shape index (κ2) is 8.79. The van der Waals surface area contributed by atoms with E-state index in [2.05, 4.69) is 22.5 Å². The number of likely N-dealkylation sites (tertiary alicyclic amines) is 1. The first-order valence-electron chi connectivity index (χ1n) is 5.89. The number of nitrogens with zero attached hydrogens (tertiary/aromatic N) is 1. The van der Waals surface area contributed by atoms with E-state index in [1.807, 2.05) is 0 Å². The molecule has 1 rings (SSSR count). The lowest BCUT2D eigenvalue weighted by molar-refractivity contribution is -0.120. The number of nitrogens with one attached hydrogen (secondary N) is 2. The first-order valence-corrected chi connectivity index (χ1v) is 5.89. The van der Waals surface area contributed by atoms with E-state index in [1.165, 1.54) is 25.8 Å². The highest BCUT2D eigenvalue weighted by atomic mass is 35.5. The number of likely N-dealkylation sites (N-methyl/N-ethyl adjacent to an activating group) is 1. The maximum atomic E-state index is 11.2. The number of hydrogen-bond acceptors (Lipinski definition) is 3. The number of piperidine rings is 1. The van der Waals surface area contributed by atoms with Crippen molar-refractivity contribution in [3.8, 4) is 0 Å². The van der Waals surface area contributed by atoms with Crippen LogP contribution >= 0.6 is 12.4 Å². The lowest BCUT2D eigenvalue weighted by Gasteiger charge is -2.33. The summed E-state index contributed by atoms with van der Waals surface area (Å²) in [7, 11) is 1.78. The van der Waals surface area contributed by atoms with E-state index < -0.39 is 0 Å². The monoisotopic (exact) mass is 249 g/mol. The molecule has 0 aromatic heterocycles. The lowest BCUT2D eigenvalue weighted by atomic mass is 10.0. The molecule has 5 heteroatoms. The zero-order valence-electron chi connectivity index (χ0n) is 10.3. The van der Waals surface area contributed by atoms with Crippen LogP contribution in [0.15, 0.2) is 0 Å². The fourth-order valence-corrected chi connectivity index (χ4v) is 2.05. The van der Waals surface area contributed by atoms with E-state index in [-0.39, 0.29) is 18.3 Å².